The van der Waals surface area contributed by atoms with E-state index in [-0.39, 0.29) is 29.7 Å². The van der Waals surface area contributed by atoms with Crippen molar-refractivity contribution >= 4 is 32.9 Å². The van der Waals surface area contributed by atoms with Gasteiger partial charge in [-0.25, -0.2) is 13.4 Å². The summed E-state index contributed by atoms with van der Waals surface area (Å²) in [6.45, 7) is 2.46. The summed E-state index contributed by atoms with van der Waals surface area (Å²) in [7, 11) is 1.41. The highest BCUT2D eigenvalue weighted by Gasteiger charge is 2.27. The number of ether oxygens (including phenoxy) is 2. The summed E-state index contributed by atoms with van der Waals surface area (Å²) in [5, 5.41) is 2.76. The first-order valence-corrected chi connectivity index (χ1v) is 12.7. The number of likely N-dealkylation sites (N-methyl/N-ethyl adjacent to an activating group) is 1. The highest BCUT2D eigenvalue weighted by Crippen LogP contribution is 2.23. The van der Waals surface area contributed by atoms with Crippen molar-refractivity contribution in [3.05, 3.63) is 24.0 Å². The fourth-order valence-electron chi connectivity index (χ4n) is 3.76. The largest absolute Gasteiger partial charge is 0.385 e. The molecule has 0 bridgehead atoms. The van der Waals surface area contributed by atoms with E-state index in [0.717, 1.165) is 5.52 Å². The number of aryl methyl sites for hydroxylation is 2. The number of morpholine rings is 1. The molecular weight excluding hydrogens is 462 g/mol. The van der Waals surface area contributed by atoms with Gasteiger partial charge in [0, 0.05) is 60.3 Å². The minimum Gasteiger partial charge on any atom is -0.385 e. The van der Waals surface area contributed by atoms with E-state index in [4.69, 9.17) is 9.47 Å². The molecule has 1 saturated heterocycles. The number of nitrogens with one attached hydrogen (secondary N) is 1. The van der Waals surface area contributed by atoms with Crippen molar-refractivity contribution in [1.29, 1.82) is 0 Å². The van der Waals surface area contributed by atoms with E-state index in [1.807, 2.05) is 11.6 Å². The van der Waals surface area contributed by atoms with Crippen LogP contribution in [0.25, 0.3) is 11.0 Å². The van der Waals surface area contributed by atoms with E-state index < -0.39 is 10.0 Å². The van der Waals surface area contributed by atoms with Crippen LogP contribution in [0, 0.1) is 0 Å². The number of imidazole rings is 1. The van der Waals surface area contributed by atoms with Gasteiger partial charge < -0.3 is 24.3 Å². The van der Waals surface area contributed by atoms with Crippen molar-refractivity contribution in [3.63, 3.8) is 0 Å². The predicted molar refractivity (Wildman–Crippen MR) is 126 cm³/mol. The number of rotatable bonds is 11. The minimum atomic E-state index is -3.62. The van der Waals surface area contributed by atoms with E-state index in [9.17, 15) is 18.0 Å². The minimum absolute atomic E-state index is 0.0167. The molecule has 3 rings (SSSR count). The van der Waals surface area contributed by atoms with Crippen molar-refractivity contribution in [2.24, 2.45) is 7.05 Å². The molecule has 2 amide bonds. The van der Waals surface area contributed by atoms with E-state index in [1.54, 1.807) is 32.4 Å². The number of hydrogen-bond acceptors (Lipinski definition) is 7. The van der Waals surface area contributed by atoms with Gasteiger partial charge in [0.05, 0.1) is 35.7 Å². The molecule has 0 spiro atoms. The second kappa shape index (κ2) is 11.7. The smallest absolute Gasteiger partial charge is 0.243 e. The van der Waals surface area contributed by atoms with Gasteiger partial charge in [-0.15, -0.1) is 0 Å². The van der Waals surface area contributed by atoms with Crippen molar-refractivity contribution in [2.45, 2.75) is 24.2 Å². The Balaban J connectivity index is 1.61. The molecule has 34 heavy (non-hydrogen) atoms. The van der Waals surface area contributed by atoms with Gasteiger partial charge in [0.25, 0.3) is 0 Å². The summed E-state index contributed by atoms with van der Waals surface area (Å²) < 4.78 is 39.4. The molecule has 1 aliphatic heterocycles. The Morgan fingerprint density at radius 1 is 1.26 bits per heavy atom. The molecule has 0 saturated carbocycles. The Hall–Kier alpha value is -2.54. The molecular formula is C22H33N5O6S. The van der Waals surface area contributed by atoms with Gasteiger partial charge in [0.2, 0.25) is 21.8 Å². The Morgan fingerprint density at radius 3 is 2.71 bits per heavy atom. The normalized spacial score (nSPS) is 14.9. The number of hydrogen-bond donors (Lipinski definition) is 1. The molecule has 1 aromatic heterocycles. The Kier molecular flexibility index (Phi) is 9.00. The first-order chi connectivity index (χ1) is 16.2. The van der Waals surface area contributed by atoms with E-state index in [2.05, 4.69) is 10.3 Å². The first-order valence-electron chi connectivity index (χ1n) is 11.3. The number of fused-ring (bicyclic) bond motifs is 1. The molecule has 0 radical (unpaired) electrons. The lowest BCUT2D eigenvalue weighted by Gasteiger charge is -2.26. The molecule has 11 nitrogen and oxygen atoms in total. The van der Waals surface area contributed by atoms with Gasteiger partial charge in [-0.3, -0.25) is 9.59 Å². The van der Waals surface area contributed by atoms with Crippen LogP contribution in [0.4, 0.5) is 0 Å². The molecule has 1 N–H and O–H groups in total. The van der Waals surface area contributed by atoms with Crippen LogP contribution >= 0.6 is 0 Å². The van der Waals surface area contributed by atoms with Crippen LogP contribution in [0.1, 0.15) is 18.7 Å². The van der Waals surface area contributed by atoms with E-state index in [0.29, 0.717) is 63.6 Å². The molecule has 2 aromatic rings. The molecule has 12 heteroatoms. The second-order valence-electron chi connectivity index (χ2n) is 8.20. The standard InChI is InChI=1S/C22H33N5O6S/c1-25(16-21(28)23-9-4-12-32-3)22(29)8-7-20-24-18-15-17(5-6-19(18)26(20)2)34(30,31)27-10-13-33-14-11-27/h5-6,15H,4,7-14,16H2,1-3H3,(H,23,28). The third-order valence-corrected chi connectivity index (χ3v) is 7.66. The molecule has 0 unspecified atom stereocenters. The van der Waals surface area contributed by atoms with Gasteiger partial charge in [-0.05, 0) is 24.6 Å². The maximum absolute atomic E-state index is 12.9. The monoisotopic (exact) mass is 495 g/mol. The van der Waals surface area contributed by atoms with Crippen LogP contribution in [0.15, 0.2) is 23.1 Å². The van der Waals surface area contributed by atoms with Crippen LogP contribution in [0.5, 0.6) is 0 Å². The Morgan fingerprint density at radius 2 is 2.00 bits per heavy atom. The number of methoxy groups -OCH3 is 1. The fraction of sp³-hybridized carbons (Fsp3) is 0.591. The first kappa shape index (κ1) is 26.1. The van der Waals surface area contributed by atoms with E-state index in [1.165, 1.54) is 9.21 Å². The van der Waals surface area contributed by atoms with Crippen molar-refractivity contribution in [2.75, 3.05) is 60.2 Å². The number of sulfonamides is 1. The van der Waals surface area contributed by atoms with E-state index >= 15 is 0 Å². The average molecular weight is 496 g/mol. The predicted octanol–water partition coefficient (Wildman–Crippen LogP) is 0.138. The number of carbonyl (C=O) groups excluding carboxylic acids is 2. The molecule has 2 heterocycles. The lowest BCUT2D eigenvalue weighted by molar-refractivity contribution is -0.134. The lowest BCUT2D eigenvalue weighted by Crippen LogP contribution is -2.40. The topological polar surface area (TPSA) is 123 Å². The Bertz CT molecular complexity index is 1110. The van der Waals surface area contributed by atoms with Crippen molar-refractivity contribution in [1.82, 2.24) is 24.1 Å². The SMILES string of the molecule is COCCCNC(=O)CN(C)C(=O)CCc1nc2cc(S(=O)(=O)N3CCOCC3)ccc2n1C. The highest BCUT2D eigenvalue weighted by molar-refractivity contribution is 7.89. The van der Waals surface area contributed by atoms with Crippen LogP contribution in [-0.4, -0.2) is 99.1 Å². The van der Waals surface area contributed by atoms with Gasteiger partial charge in [-0.1, -0.05) is 0 Å². The van der Waals surface area contributed by atoms with Crippen molar-refractivity contribution < 1.29 is 27.5 Å². The van der Waals surface area contributed by atoms with Gasteiger partial charge >= 0.3 is 0 Å². The summed E-state index contributed by atoms with van der Waals surface area (Å²) in [4.78, 5) is 30.6. The number of aromatic nitrogens is 2. The van der Waals surface area contributed by atoms with Crippen LogP contribution in [0.2, 0.25) is 0 Å². The van der Waals surface area contributed by atoms with Crippen molar-refractivity contribution in [3.8, 4) is 0 Å². The molecule has 1 aromatic carbocycles. The molecule has 1 aliphatic rings. The summed E-state index contributed by atoms with van der Waals surface area (Å²) in [5.74, 6) is 0.278. The van der Waals surface area contributed by atoms with Gasteiger partial charge in [-0.2, -0.15) is 4.31 Å². The quantitative estimate of drug-likeness (QED) is 0.440. The highest BCUT2D eigenvalue weighted by atomic mass is 32.2. The average Bonchev–Trinajstić information content (AvgIpc) is 3.15. The Labute approximate surface area is 200 Å². The molecule has 1 fully saturated rings. The lowest BCUT2D eigenvalue weighted by atomic mass is 10.2. The number of benzene rings is 1. The third kappa shape index (κ3) is 6.32. The zero-order chi connectivity index (χ0) is 24.7. The van der Waals surface area contributed by atoms with Gasteiger partial charge in [0.1, 0.15) is 5.82 Å². The fourth-order valence-corrected chi connectivity index (χ4v) is 5.19. The number of amides is 2. The summed E-state index contributed by atoms with van der Waals surface area (Å²) >= 11 is 0. The van der Waals surface area contributed by atoms with Crippen LogP contribution in [-0.2, 0) is 42.6 Å². The number of nitrogens with zero attached hydrogens (tertiary/aromatic N) is 4. The summed E-state index contributed by atoms with van der Waals surface area (Å²) in [5.41, 5.74) is 1.34. The third-order valence-electron chi connectivity index (χ3n) is 5.77. The molecule has 0 atom stereocenters. The molecule has 0 aliphatic carbocycles. The maximum atomic E-state index is 12.9. The second-order valence-corrected chi connectivity index (χ2v) is 10.1. The van der Waals surface area contributed by atoms with Crippen LogP contribution in [0.3, 0.4) is 0 Å². The van der Waals surface area contributed by atoms with Crippen LogP contribution < -0.4 is 5.32 Å². The summed E-state index contributed by atoms with van der Waals surface area (Å²) in [6.07, 6.45) is 1.26. The number of carbonyl (C=O) groups is 2. The maximum Gasteiger partial charge on any atom is 0.243 e. The zero-order valence-electron chi connectivity index (χ0n) is 19.9. The molecule has 188 valence electrons. The zero-order valence-corrected chi connectivity index (χ0v) is 20.8. The summed E-state index contributed by atoms with van der Waals surface area (Å²) in [6, 6.07) is 4.90. The van der Waals surface area contributed by atoms with Gasteiger partial charge in [0.15, 0.2) is 0 Å².